The lowest BCUT2D eigenvalue weighted by molar-refractivity contribution is -0.302. The standard InChI is InChI=1S/C76H145NO10/c1-3-5-7-9-11-13-43-48-52-56-60-64-72(81)85-65-61-57-53-49-45-42-40-38-36-34-32-30-28-26-24-22-20-18-16-14-15-17-19-21-23-25-27-29-31-33-35-37-39-41-44-47-51-55-59-63-71(80)77-68(69(79)62-58-54-50-46-12-10-8-6-4-2)67-86-76-75(84)74(83)73(82)70(66-78)87-76/h9,11,58,62,68-70,73-76,78-79,82-84H,3-8,10,12-57,59-61,63-67H2,1-2H3,(H,77,80)/b11-9-,62-58+. The average Bonchev–Trinajstić information content (AvgIpc) is 3.66. The highest BCUT2D eigenvalue weighted by Gasteiger charge is 2.44. The van der Waals surface area contributed by atoms with Gasteiger partial charge in [0, 0.05) is 12.8 Å². The molecule has 0 saturated carbocycles. The van der Waals surface area contributed by atoms with E-state index in [1.165, 1.54) is 302 Å². The molecule has 1 saturated heterocycles. The van der Waals surface area contributed by atoms with Crippen molar-refractivity contribution in [1.82, 2.24) is 5.32 Å². The summed E-state index contributed by atoms with van der Waals surface area (Å²) in [6, 6.07) is -0.803. The third kappa shape index (κ3) is 54.4. The van der Waals surface area contributed by atoms with Crippen molar-refractivity contribution in [2.45, 2.75) is 429 Å². The zero-order valence-electron chi connectivity index (χ0n) is 57.3. The van der Waals surface area contributed by atoms with Gasteiger partial charge in [0.05, 0.1) is 32.0 Å². The number of allylic oxidation sites excluding steroid dienone is 3. The van der Waals surface area contributed by atoms with Gasteiger partial charge < -0.3 is 45.1 Å². The highest BCUT2D eigenvalue weighted by molar-refractivity contribution is 5.76. The van der Waals surface area contributed by atoms with Crippen LogP contribution in [0, 0.1) is 0 Å². The van der Waals surface area contributed by atoms with E-state index in [4.69, 9.17) is 14.2 Å². The predicted molar refractivity (Wildman–Crippen MR) is 366 cm³/mol. The fourth-order valence-corrected chi connectivity index (χ4v) is 12.3. The highest BCUT2D eigenvalue weighted by atomic mass is 16.7. The second-order valence-corrected chi connectivity index (χ2v) is 26.7. The van der Waals surface area contributed by atoms with Crippen LogP contribution in [0.4, 0.5) is 0 Å². The van der Waals surface area contributed by atoms with Gasteiger partial charge in [-0.05, 0) is 51.4 Å². The van der Waals surface area contributed by atoms with Crippen molar-refractivity contribution in [2.24, 2.45) is 0 Å². The lowest BCUT2D eigenvalue weighted by Gasteiger charge is -2.40. The topological polar surface area (TPSA) is 175 Å². The molecule has 7 unspecified atom stereocenters. The van der Waals surface area contributed by atoms with Crippen LogP contribution in [0.25, 0.3) is 0 Å². The smallest absolute Gasteiger partial charge is 0.305 e. The molecule has 1 rings (SSSR count). The number of esters is 1. The van der Waals surface area contributed by atoms with Crippen molar-refractivity contribution in [3.05, 3.63) is 24.3 Å². The summed E-state index contributed by atoms with van der Waals surface area (Å²) in [5.74, 6) is -0.168. The Bertz CT molecular complexity index is 1490. The second-order valence-electron chi connectivity index (χ2n) is 26.7. The molecular weight excluding hydrogens is 1090 g/mol. The zero-order chi connectivity index (χ0) is 63.0. The van der Waals surface area contributed by atoms with Crippen LogP contribution in [0.1, 0.15) is 386 Å². The van der Waals surface area contributed by atoms with Crippen LogP contribution < -0.4 is 5.32 Å². The maximum Gasteiger partial charge on any atom is 0.305 e. The van der Waals surface area contributed by atoms with E-state index in [1.54, 1.807) is 6.08 Å². The zero-order valence-corrected chi connectivity index (χ0v) is 57.3. The van der Waals surface area contributed by atoms with Crippen LogP contribution in [-0.4, -0.2) is 100 Å². The molecule has 514 valence electrons. The molecule has 0 aromatic heterocycles. The molecule has 0 radical (unpaired) electrons. The van der Waals surface area contributed by atoms with Crippen LogP contribution in [0.5, 0.6) is 0 Å². The Hall–Kier alpha value is -1.86. The molecule has 0 bridgehead atoms. The van der Waals surface area contributed by atoms with Crippen molar-refractivity contribution in [1.29, 1.82) is 0 Å². The van der Waals surface area contributed by atoms with E-state index in [-0.39, 0.29) is 18.5 Å². The molecule has 0 aromatic rings. The van der Waals surface area contributed by atoms with Gasteiger partial charge in [-0.25, -0.2) is 0 Å². The number of hydrogen-bond donors (Lipinski definition) is 6. The van der Waals surface area contributed by atoms with E-state index in [2.05, 4.69) is 31.3 Å². The summed E-state index contributed by atoms with van der Waals surface area (Å²) in [6.07, 6.45) is 73.7. The van der Waals surface area contributed by atoms with Crippen LogP contribution in [0.15, 0.2) is 24.3 Å². The van der Waals surface area contributed by atoms with E-state index in [9.17, 15) is 35.1 Å². The summed E-state index contributed by atoms with van der Waals surface area (Å²) in [5, 5.41) is 54.3. The van der Waals surface area contributed by atoms with Crippen LogP contribution in [-0.2, 0) is 23.8 Å². The van der Waals surface area contributed by atoms with Gasteiger partial charge in [0.1, 0.15) is 24.4 Å². The Morgan fingerprint density at radius 1 is 0.414 bits per heavy atom. The van der Waals surface area contributed by atoms with Crippen LogP contribution >= 0.6 is 0 Å². The largest absolute Gasteiger partial charge is 0.466 e. The first kappa shape index (κ1) is 83.2. The van der Waals surface area contributed by atoms with E-state index >= 15 is 0 Å². The van der Waals surface area contributed by atoms with Gasteiger partial charge >= 0.3 is 5.97 Å². The van der Waals surface area contributed by atoms with Crippen molar-refractivity contribution in [3.8, 4) is 0 Å². The summed E-state index contributed by atoms with van der Waals surface area (Å²) in [6.45, 7) is 4.32. The maximum absolute atomic E-state index is 13.0. The first-order valence-corrected chi connectivity index (χ1v) is 38.1. The number of ether oxygens (including phenoxy) is 3. The molecule has 1 aliphatic heterocycles. The average molecular weight is 1230 g/mol. The number of carbonyl (C=O) groups excluding carboxylic acids is 2. The minimum absolute atomic E-state index is 0.00764. The molecule has 87 heavy (non-hydrogen) atoms. The Labute approximate surface area is 537 Å². The number of unbranched alkanes of at least 4 members (excludes halogenated alkanes) is 52. The van der Waals surface area contributed by atoms with Crippen LogP contribution in [0.2, 0.25) is 0 Å². The number of amides is 1. The van der Waals surface area contributed by atoms with Crippen molar-refractivity contribution < 1.29 is 49.3 Å². The lowest BCUT2D eigenvalue weighted by Crippen LogP contribution is -2.60. The third-order valence-electron chi connectivity index (χ3n) is 18.3. The van der Waals surface area contributed by atoms with E-state index in [0.29, 0.717) is 19.4 Å². The molecule has 6 N–H and O–H groups in total. The number of nitrogens with one attached hydrogen (secondary N) is 1. The minimum Gasteiger partial charge on any atom is -0.466 e. The summed E-state index contributed by atoms with van der Waals surface area (Å²) in [5.41, 5.74) is 0. The normalized spacial score (nSPS) is 17.9. The Morgan fingerprint density at radius 3 is 1.14 bits per heavy atom. The molecule has 11 nitrogen and oxygen atoms in total. The molecular formula is C76H145NO10. The summed E-state index contributed by atoms with van der Waals surface area (Å²) >= 11 is 0. The number of hydrogen-bond acceptors (Lipinski definition) is 10. The maximum atomic E-state index is 13.0. The monoisotopic (exact) mass is 1230 g/mol. The Balaban J connectivity index is 1.85. The number of carbonyl (C=O) groups is 2. The summed E-state index contributed by atoms with van der Waals surface area (Å²) in [4.78, 5) is 25.0. The first-order chi connectivity index (χ1) is 42.7. The molecule has 1 fully saturated rings. The van der Waals surface area contributed by atoms with Crippen LogP contribution in [0.3, 0.4) is 0 Å². The Kier molecular flexibility index (Phi) is 62.7. The van der Waals surface area contributed by atoms with Crippen molar-refractivity contribution >= 4 is 11.9 Å². The fraction of sp³-hybridized carbons (Fsp3) is 0.921. The molecule has 0 aliphatic carbocycles. The number of aliphatic hydroxyl groups excluding tert-OH is 5. The number of aliphatic hydroxyl groups is 5. The van der Waals surface area contributed by atoms with Gasteiger partial charge in [0.25, 0.3) is 0 Å². The van der Waals surface area contributed by atoms with Crippen molar-refractivity contribution in [3.63, 3.8) is 0 Å². The minimum atomic E-state index is -1.57. The van der Waals surface area contributed by atoms with E-state index in [0.717, 1.165) is 57.8 Å². The molecule has 1 heterocycles. The third-order valence-corrected chi connectivity index (χ3v) is 18.3. The van der Waals surface area contributed by atoms with Gasteiger partial charge in [-0.3, -0.25) is 9.59 Å². The molecule has 0 spiro atoms. The predicted octanol–water partition coefficient (Wildman–Crippen LogP) is 20.0. The van der Waals surface area contributed by atoms with Gasteiger partial charge in [0.15, 0.2) is 6.29 Å². The first-order valence-electron chi connectivity index (χ1n) is 38.1. The lowest BCUT2D eigenvalue weighted by atomic mass is 9.99. The van der Waals surface area contributed by atoms with E-state index < -0.39 is 49.5 Å². The Morgan fingerprint density at radius 2 is 0.747 bits per heavy atom. The SMILES string of the molecule is CCCC/C=C\CCCCCCCC(=O)OCCCCCCCCCCCCCCCCCCCCCCCCCCCCCCCCCCCCCCCCCC(=O)NC(COC1OC(CO)C(O)C(O)C1O)C(O)/C=C/CCCCCCCCC. The molecule has 1 amide bonds. The van der Waals surface area contributed by atoms with Gasteiger partial charge in [0.2, 0.25) is 5.91 Å². The summed E-state index contributed by atoms with van der Waals surface area (Å²) in [7, 11) is 0. The second kappa shape index (κ2) is 65.6. The van der Waals surface area contributed by atoms with Gasteiger partial charge in [-0.1, -0.05) is 346 Å². The molecule has 1 aliphatic rings. The van der Waals surface area contributed by atoms with Gasteiger partial charge in [-0.2, -0.15) is 0 Å². The molecule has 7 atom stereocenters. The fourth-order valence-electron chi connectivity index (χ4n) is 12.3. The van der Waals surface area contributed by atoms with Gasteiger partial charge in [-0.15, -0.1) is 0 Å². The van der Waals surface area contributed by atoms with E-state index in [1.807, 2.05) is 6.08 Å². The quantitative estimate of drug-likeness (QED) is 0.0195. The summed E-state index contributed by atoms with van der Waals surface area (Å²) < 4.78 is 16.7. The molecule has 0 aromatic carbocycles. The highest BCUT2D eigenvalue weighted by Crippen LogP contribution is 2.24. The number of rotatable bonds is 68. The van der Waals surface area contributed by atoms with Crippen molar-refractivity contribution in [2.75, 3.05) is 19.8 Å². The molecule has 11 heteroatoms.